The summed E-state index contributed by atoms with van der Waals surface area (Å²) in [4.78, 5) is 76.5. The first kappa shape index (κ1) is 45.0. The van der Waals surface area contributed by atoms with Crippen molar-refractivity contribution in [2.45, 2.75) is 193 Å². The van der Waals surface area contributed by atoms with Crippen molar-refractivity contribution in [1.82, 2.24) is 35.2 Å². The second-order valence-electron chi connectivity index (χ2n) is 21.6. The fourth-order valence-corrected chi connectivity index (χ4v) is 13.6. The van der Waals surface area contributed by atoms with Gasteiger partial charge in [-0.05, 0) is 107 Å². The molecule has 7 atom stereocenters. The molecule has 2 aliphatic heterocycles. The Balaban J connectivity index is 1.14. The number of amides is 5. The van der Waals surface area contributed by atoms with Crippen LogP contribution in [-0.2, 0) is 34.2 Å². The van der Waals surface area contributed by atoms with E-state index in [9.17, 15) is 27.6 Å². The molecular weight excluding hydrogens is 783 g/mol. The van der Waals surface area contributed by atoms with Gasteiger partial charge in [-0.3, -0.25) is 28.9 Å². The highest BCUT2D eigenvalue weighted by Crippen LogP contribution is 2.88. The number of fused-ring (bicyclic) bond motifs is 1. The van der Waals surface area contributed by atoms with Crippen LogP contribution in [0.4, 0.5) is 0 Å². The molecule has 2 heterocycles. The minimum atomic E-state index is -4.17. The van der Waals surface area contributed by atoms with Crippen molar-refractivity contribution in [1.29, 1.82) is 0 Å². The summed E-state index contributed by atoms with van der Waals surface area (Å²) in [6.07, 6.45) is 14.8. The minimum Gasteiger partial charge on any atom is -0.343 e. The summed E-state index contributed by atoms with van der Waals surface area (Å²) in [7, 11) is -4.17. The van der Waals surface area contributed by atoms with Crippen LogP contribution in [0.5, 0.6) is 0 Å². The molecule has 2 spiro atoms. The Morgan fingerprint density at radius 2 is 1.47 bits per heavy atom. The van der Waals surface area contributed by atoms with Crippen LogP contribution in [0.1, 0.15) is 151 Å². The SMILES string of the molecule is C=C[C@@H]1C[C@]1(NC(=O)[C@@H]1CC2(CN1C(=O)[C@@H](NC(=O)[C@@H](NC(=O)[C@@H]1CCCCN1C(C)C)C1CCCCC1)C(C)(C)C)C(C)(C)C21CCC1)C(=O)NS(=O)(=O)NC1CCC1. The quantitative estimate of drug-likeness (QED) is 0.161. The van der Waals surface area contributed by atoms with Gasteiger partial charge in [-0.15, -0.1) is 6.58 Å². The molecule has 14 nitrogen and oxygen atoms in total. The van der Waals surface area contributed by atoms with Gasteiger partial charge in [0.25, 0.3) is 5.91 Å². The van der Waals surface area contributed by atoms with Crippen LogP contribution in [-0.4, -0.2) is 103 Å². The third-order valence-electron chi connectivity index (χ3n) is 16.7. The smallest absolute Gasteiger partial charge is 0.301 e. The number of hydrogen-bond donors (Lipinski definition) is 5. The highest BCUT2D eigenvalue weighted by atomic mass is 32.2. The van der Waals surface area contributed by atoms with Crippen molar-refractivity contribution in [2.75, 3.05) is 13.1 Å². The Morgan fingerprint density at radius 1 is 0.800 bits per heavy atom. The average Bonchev–Trinajstić information content (AvgIpc) is 3.88. The number of piperidine rings is 1. The van der Waals surface area contributed by atoms with Crippen LogP contribution in [0.15, 0.2) is 12.7 Å². The number of carbonyl (C=O) groups excluding carboxylic acids is 5. The van der Waals surface area contributed by atoms with Crippen molar-refractivity contribution < 1.29 is 32.4 Å². The summed E-state index contributed by atoms with van der Waals surface area (Å²) in [6, 6.07) is -3.17. The number of nitrogens with one attached hydrogen (secondary N) is 5. The first-order valence-electron chi connectivity index (χ1n) is 23.1. The molecule has 0 radical (unpaired) electrons. The molecule has 336 valence electrons. The number of carbonyl (C=O) groups is 5. The molecular formula is C45H73N7O7S. The van der Waals surface area contributed by atoms with Gasteiger partial charge in [0.15, 0.2) is 0 Å². The van der Waals surface area contributed by atoms with Gasteiger partial charge in [0.05, 0.1) is 6.04 Å². The van der Waals surface area contributed by atoms with Gasteiger partial charge in [-0.25, -0.2) is 4.72 Å². The van der Waals surface area contributed by atoms with Gasteiger partial charge in [-0.1, -0.05) is 79.2 Å². The zero-order chi connectivity index (χ0) is 43.6. The van der Waals surface area contributed by atoms with E-state index in [2.05, 4.69) is 64.6 Å². The maximum Gasteiger partial charge on any atom is 0.301 e. The Kier molecular flexibility index (Phi) is 12.2. The van der Waals surface area contributed by atoms with E-state index in [1.54, 1.807) is 11.0 Å². The maximum atomic E-state index is 15.3. The molecule has 15 heteroatoms. The van der Waals surface area contributed by atoms with E-state index in [1.807, 2.05) is 20.8 Å². The standard InChI is InChI=1S/C45H73N7O7S/c1-9-30-25-45(30,40(57)50-60(58,59)49-31-19-15-20-31)48-37(54)33-26-44(42(7,8)43(44)22-16-23-43)27-52(33)39(56)35(41(4,5)6)47-38(55)34(29-17-11-10-12-18-29)46-36(53)32-21-13-14-24-51(32)28(2)3/h9,28-35,49H,1,10-27H2,2-8H3,(H,46,53)(H,47,55)(H,48,54)(H,50,57)/t30-,32+,33+,34+,35-,44?,45-/m1/s1. The minimum absolute atomic E-state index is 0.0209. The normalized spacial score (nSPS) is 32.3. The van der Waals surface area contributed by atoms with E-state index in [1.165, 1.54) is 0 Å². The predicted molar refractivity (Wildman–Crippen MR) is 229 cm³/mol. The van der Waals surface area contributed by atoms with Crippen LogP contribution in [0.3, 0.4) is 0 Å². The molecule has 5 N–H and O–H groups in total. The van der Waals surface area contributed by atoms with E-state index in [4.69, 9.17) is 0 Å². The first-order chi connectivity index (χ1) is 28.1. The fourth-order valence-electron chi connectivity index (χ4n) is 12.4. The molecule has 5 amide bonds. The molecule has 5 saturated carbocycles. The van der Waals surface area contributed by atoms with Gasteiger partial charge in [-0.2, -0.15) is 13.1 Å². The third kappa shape index (κ3) is 7.83. The van der Waals surface area contributed by atoms with E-state index in [0.29, 0.717) is 25.8 Å². The Morgan fingerprint density at radius 3 is 2.00 bits per heavy atom. The lowest BCUT2D eigenvalue weighted by molar-refractivity contribution is -0.145. The lowest BCUT2D eigenvalue weighted by Gasteiger charge is -2.40. The van der Waals surface area contributed by atoms with E-state index < -0.39 is 57.0 Å². The van der Waals surface area contributed by atoms with Crippen LogP contribution < -0.4 is 25.4 Å². The summed E-state index contributed by atoms with van der Waals surface area (Å²) in [6.45, 7) is 19.4. The number of nitrogens with zero attached hydrogens (tertiary/aromatic N) is 2. The molecule has 7 rings (SSSR count). The molecule has 0 aromatic carbocycles. The zero-order valence-corrected chi connectivity index (χ0v) is 38.1. The van der Waals surface area contributed by atoms with Crippen LogP contribution in [0.2, 0.25) is 0 Å². The molecule has 5 aliphatic carbocycles. The van der Waals surface area contributed by atoms with Crippen LogP contribution >= 0.6 is 0 Å². The number of rotatable bonds is 14. The second kappa shape index (κ2) is 16.3. The van der Waals surface area contributed by atoms with Crippen molar-refractivity contribution in [3.8, 4) is 0 Å². The Labute approximate surface area is 358 Å². The summed E-state index contributed by atoms with van der Waals surface area (Å²) < 4.78 is 30.6. The van der Waals surface area contributed by atoms with Gasteiger partial charge in [0.2, 0.25) is 23.6 Å². The predicted octanol–water partition coefficient (Wildman–Crippen LogP) is 4.21. The van der Waals surface area contributed by atoms with Gasteiger partial charge in [0, 0.05) is 30.0 Å². The lowest BCUT2D eigenvalue weighted by Crippen LogP contribution is -2.63. The van der Waals surface area contributed by atoms with Crippen molar-refractivity contribution in [2.24, 2.45) is 33.5 Å². The highest BCUT2D eigenvalue weighted by molar-refractivity contribution is 7.88. The van der Waals surface area contributed by atoms with Crippen molar-refractivity contribution >= 4 is 39.7 Å². The summed E-state index contributed by atoms with van der Waals surface area (Å²) in [5, 5.41) is 9.31. The van der Waals surface area contributed by atoms with Crippen LogP contribution in [0, 0.1) is 33.5 Å². The van der Waals surface area contributed by atoms with Crippen LogP contribution in [0.25, 0.3) is 0 Å². The largest absolute Gasteiger partial charge is 0.343 e. The monoisotopic (exact) mass is 856 g/mol. The molecule has 0 bridgehead atoms. The van der Waals surface area contributed by atoms with E-state index in [-0.39, 0.29) is 64.4 Å². The average molecular weight is 856 g/mol. The Bertz CT molecular complexity index is 1830. The summed E-state index contributed by atoms with van der Waals surface area (Å²) >= 11 is 0. The third-order valence-corrected chi connectivity index (χ3v) is 17.8. The highest BCUT2D eigenvalue weighted by Gasteiger charge is 2.85. The Hall–Kier alpha value is -3.04. The molecule has 7 aliphatic rings. The summed E-state index contributed by atoms with van der Waals surface area (Å²) in [5.41, 5.74) is -2.81. The van der Waals surface area contributed by atoms with Gasteiger partial charge in [0.1, 0.15) is 23.7 Å². The molecule has 1 unspecified atom stereocenters. The van der Waals surface area contributed by atoms with Crippen molar-refractivity contribution in [3.05, 3.63) is 12.7 Å². The number of likely N-dealkylation sites (tertiary alicyclic amines) is 2. The molecule has 60 heavy (non-hydrogen) atoms. The van der Waals surface area contributed by atoms with E-state index >= 15 is 4.79 Å². The van der Waals surface area contributed by atoms with E-state index in [0.717, 1.165) is 83.6 Å². The molecule has 0 aromatic rings. The topological polar surface area (TPSA) is 186 Å². The van der Waals surface area contributed by atoms with Crippen molar-refractivity contribution in [3.63, 3.8) is 0 Å². The summed E-state index contributed by atoms with van der Waals surface area (Å²) in [5.74, 6) is -2.82. The first-order valence-corrected chi connectivity index (χ1v) is 24.6. The lowest BCUT2D eigenvalue weighted by atomic mass is 9.73. The van der Waals surface area contributed by atoms with Gasteiger partial charge < -0.3 is 20.9 Å². The maximum absolute atomic E-state index is 15.3. The fraction of sp³-hybridized carbons (Fsp3) is 0.844. The molecule has 0 aromatic heterocycles. The van der Waals surface area contributed by atoms with Gasteiger partial charge >= 0.3 is 10.2 Å². The molecule has 2 saturated heterocycles. The molecule has 7 fully saturated rings. The number of hydrogen-bond acceptors (Lipinski definition) is 8. The zero-order valence-electron chi connectivity index (χ0n) is 37.3. The second-order valence-corrected chi connectivity index (χ2v) is 23.0.